The van der Waals surface area contributed by atoms with Crippen molar-refractivity contribution < 1.29 is 4.79 Å². The zero-order valence-corrected chi connectivity index (χ0v) is 17.3. The molecule has 29 heavy (non-hydrogen) atoms. The van der Waals surface area contributed by atoms with Gasteiger partial charge in [0, 0.05) is 12.7 Å². The van der Waals surface area contributed by atoms with Crippen molar-refractivity contribution in [3.8, 4) is 6.07 Å². The first-order valence-corrected chi connectivity index (χ1v) is 10.4. The van der Waals surface area contributed by atoms with Crippen LogP contribution in [0.4, 0.5) is 0 Å². The summed E-state index contributed by atoms with van der Waals surface area (Å²) in [7, 11) is 0. The molecular formula is C25H29N3O. The Hall–Kier alpha value is -3.06. The van der Waals surface area contributed by atoms with Gasteiger partial charge >= 0.3 is 0 Å². The lowest BCUT2D eigenvalue weighted by Gasteiger charge is -2.21. The van der Waals surface area contributed by atoms with Gasteiger partial charge in [0.2, 0.25) is 0 Å². The van der Waals surface area contributed by atoms with E-state index in [1.54, 1.807) is 0 Å². The van der Waals surface area contributed by atoms with Crippen LogP contribution >= 0.6 is 0 Å². The number of rotatable bonds is 7. The van der Waals surface area contributed by atoms with Gasteiger partial charge in [-0.2, -0.15) is 5.26 Å². The summed E-state index contributed by atoms with van der Waals surface area (Å²) in [5.74, 6) is -0.339. The molecule has 0 bridgehead atoms. The highest BCUT2D eigenvalue weighted by molar-refractivity contribution is 5.97. The standard InChI is InChI=1S/C25H29N3O/c1-3-24(22-13-12-20-6-4-5-7-21(20)14-22)28-25(29)23(15-26)17-27-16-19-10-8-18(2)9-11-19/h8-14,17,24,27H,3-7,16H2,1-2H3,(H,28,29)/b23-17-. The highest BCUT2D eigenvalue weighted by Crippen LogP contribution is 2.26. The molecular weight excluding hydrogens is 358 g/mol. The molecule has 0 spiro atoms. The van der Waals surface area contributed by atoms with Crippen LogP contribution in [0.5, 0.6) is 0 Å². The molecule has 3 rings (SSSR count). The number of hydrogen-bond donors (Lipinski definition) is 2. The number of amides is 1. The monoisotopic (exact) mass is 387 g/mol. The van der Waals surface area contributed by atoms with Crippen molar-refractivity contribution in [1.82, 2.24) is 10.6 Å². The van der Waals surface area contributed by atoms with E-state index in [1.165, 1.54) is 35.7 Å². The van der Waals surface area contributed by atoms with E-state index in [2.05, 4.69) is 35.8 Å². The molecule has 2 aromatic carbocycles. The van der Waals surface area contributed by atoms with Crippen molar-refractivity contribution >= 4 is 5.91 Å². The van der Waals surface area contributed by atoms with Gasteiger partial charge in [0.05, 0.1) is 6.04 Å². The summed E-state index contributed by atoms with van der Waals surface area (Å²) < 4.78 is 0. The molecule has 0 saturated heterocycles. The van der Waals surface area contributed by atoms with E-state index in [1.807, 2.05) is 37.3 Å². The number of nitrogens with zero attached hydrogens (tertiary/aromatic N) is 1. The molecule has 0 heterocycles. The van der Waals surface area contributed by atoms with E-state index in [4.69, 9.17) is 0 Å². The first-order chi connectivity index (χ1) is 14.1. The Kier molecular flexibility index (Phi) is 7.08. The quantitative estimate of drug-likeness (QED) is 0.537. The second-order valence-electron chi connectivity index (χ2n) is 7.71. The SMILES string of the molecule is CCC(NC(=O)/C(C#N)=C\NCc1ccc(C)cc1)c1ccc2c(c1)CCCC2. The maximum absolute atomic E-state index is 12.7. The van der Waals surface area contributed by atoms with Gasteiger partial charge in [-0.3, -0.25) is 4.79 Å². The predicted octanol–water partition coefficient (Wildman–Crippen LogP) is 4.64. The van der Waals surface area contributed by atoms with Crippen LogP contribution in [0.1, 0.15) is 60.0 Å². The molecule has 1 atom stereocenters. The van der Waals surface area contributed by atoms with E-state index in [0.29, 0.717) is 6.54 Å². The summed E-state index contributed by atoms with van der Waals surface area (Å²) in [6, 6.07) is 16.6. The minimum absolute atomic E-state index is 0.0912. The third-order valence-electron chi connectivity index (χ3n) is 5.53. The molecule has 4 nitrogen and oxygen atoms in total. The van der Waals surface area contributed by atoms with Crippen LogP contribution in [0.25, 0.3) is 0 Å². The number of nitrogens with one attached hydrogen (secondary N) is 2. The van der Waals surface area contributed by atoms with Crippen LogP contribution in [0.15, 0.2) is 54.2 Å². The fraction of sp³-hybridized carbons (Fsp3) is 0.360. The molecule has 0 radical (unpaired) electrons. The predicted molar refractivity (Wildman–Crippen MR) is 116 cm³/mol. The largest absolute Gasteiger partial charge is 0.386 e. The fourth-order valence-electron chi connectivity index (χ4n) is 3.75. The summed E-state index contributed by atoms with van der Waals surface area (Å²) in [6.07, 6.45) is 7.03. The maximum atomic E-state index is 12.7. The molecule has 0 fully saturated rings. The molecule has 2 N–H and O–H groups in total. The summed E-state index contributed by atoms with van der Waals surface area (Å²) in [6.45, 7) is 4.67. The smallest absolute Gasteiger partial charge is 0.263 e. The lowest BCUT2D eigenvalue weighted by atomic mass is 9.88. The first kappa shape index (κ1) is 20.7. The first-order valence-electron chi connectivity index (χ1n) is 10.4. The number of nitriles is 1. The van der Waals surface area contributed by atoms with Crippen molar-refractivity contribution in [1.29, 1.82) is 5.26 Å². The Balaban J connectivity index is 1.64. The summed E-state index contributed by atoms with van der Waals surface area (Å²) in [4.78, 5) is 12.7. The second-order valence-corrected chi connectivity index (χ2v) is 7.71. The zero-order valence-electron chi connectivity index (χ0n) is 17.3. The summed E-state index contributed by atoms with van der Waals surface area (Å²) in [5.41, 5.74) is 6.34. The van der Waals surface area contributed by atoms with Crippen molar-refractivity contribution in [2.24, 2.45) is 0 Å². The average Bonchev–Trinajstić information content (AvgIpc) is 2.75. The van der Waals surface area contributed by atoms with Gasteiger partial charge in [-0.1, -0.05) is 55.0 Å². The van der Waals surface area contributed by atoms with Crippen molar-refractivity contribution in [3.05, 3.63) is 82.1 Å². The third kappa shape index (κ3) is 5.48. The molecule has 1 aliphatic rings. The molecule has 1 aliphatic carbocycles. The van der Waals surface area contributed by atoms with Crippen LogP contribution in [-0.2, 0) is 24.2 Å². The van der Waals surface area contributed by atoms with Gasteiger partial charge in [-0.05, 0) is 61.3 Å². The topological polar surface area (TPSA) is 64.9 Å². The van der Waals surface area contributed by atoms with Gasteiger partial charge in [0.25, 0.3) is 5.91 Å². The Labute approximate surface area is 173 Å². The lowest BCUT2D eigenvalue weighted by Crippen LogP contribution is -2.30. The molecule has 150 valence electrons. The van der Waals surface area contributed by atoms with Crippen LogP contribution < -0.4 is 10.6 Å². The number of carbonyl (C=O) groups is 1. The highest BCUT2D eigenvalue weighted by atomic mass is 16.1. The van der Waals surface area contributed by atoms with E-state index >= 15 is 0 Å². The van der Waals surface area contributed by atoms with Crippen LogP contribution in [0.3, 0.4) is 0 Å². The van der Waals surface area contributed by atoms with Gasteiger partial charge in [-0.25, -0.2) is 0 Å². The molecule has 4 heteroatoms. The number of benzene rings is 2. The number of hydrogen-bond acceptors (Lipinski definition) is 3. The number of aryl methyl sites for hydroxylation is 3. The van der Waals surface area contributed by atoms with Crippen LogP contribution in [0, 0.1) is 18.3 Å². The van der Waals surface area contributed by atoms with E-state index in [-0.39, 0.29) is 17.5 Å². The molecule has 0 saturated carbocycles. The Morgan fingerprint density at radius 2 is 1.86 bits per heavy atom. The maximum Gasteiger partial charge on any atom is 0.263 e. The molecule has 1 unspecified atom stereocenters. The third-order valence-corrected chi connectivity index (χ3v) is 5.53. The minimum atomic E-state index is -0.339. The van der Waals surface area contributed by atoms with Crippen molar-refractivity contribution in [2.45, 2.75) is 58.5 Å². The Morgan fingerprint density at radius 1 is 1.14 bits per heavy atom. The van der Waals surface area contributed by atoms with E-state index in [9.17, 15) is 10.1 Å². The molecule has 1 amide bonds. The summed E-state index contributed by atoms with van der Waals surface area (Å²) in [5, 5.41) is 15.5. The molecule has 0 aliphatic heterocycles. The zero-order chi connectivity index (χ0) is 20.6. The van der Waals surface area contributed by atoms with E-state index in [0.717, 1.165) is 30.4 Å². The Bertz CT molecular complexity index is 922. The lowest BCUT2D eigenvalue weighted by molar-refractivity contribution is -0.117. The van der Waals surface area contributed by atoms with Crippen molar-refractivity contribution in [3.63, 3.8) is 0 Å². The van der Waals surface area contributed by atoms with E-state index < -0.39 is 0 Å². The molecule has 0 aromatic heterocycles. The minimum Gasteiger partial charge on any atom is -0.386 e. The fourth-order valence-corrected chi connectivity index (χ4v) is 3.75. The van der Waals surface area contributed by atoms with Gasteiger partial charge in [0.1, 0.15) is 11.6 Å². The normalized spacial score (nSPS) is 14.4. The van der Waals surface area contributed by atoms with Crippen LogP contribution in [0.2, 0.25) is 0 Å². The molecule has 2 aromatic rings. The Morgan fingerprint density at radius 3 is 2.55 bits per heavy atom. The number of fused-ring (bicyclic) bond motifs is 1. The van der Waals surface area contributed by atoms with Gasteiger partial charge < -0.3 is 10.6 Å². The van der Waals surface area contributed by atoms with Crippen molar-refractivity contribution in [2.75, 3.05) is 0 Å². The van der Waals surface area contributed by atoms with Gasteiger partial charge in [-0.15, -0.1) is 0 Å². The second kappa shape index (κ2) is 9.93. The highest BCUT2D eigenvalue weighted by Gasteiger charge is 2.18. The van der Waals surface area contributed by atoms with Gasteiger partial charge in [0.15, 0.2) is 0 Å². The van der Waals surface area contributed by atoms with Crippen LogP contribution in [-0.4, -0.2) is 5.91 Å². The average molecular weight is 388 g/mol. The number of carbonyl (C=O) groups excluding carboxylic acids is 1. The summed E-state index contributed by atoms with van der Waals surface area (Å²) >= 11 is 0.